The van der Waals surface area contributed by atoms with Crippen molar-refractivity contribution < 1.29 is 4.92 Å². The van der Waals surface area contributed by atoms with Gasteiger partial charge in [-0.3, -0.25) is 10.1 Å². The molecule has 0 radical (unpaired) electrons. The minimum atomic E-state index is -0.375. The van der Waals surface area contributed by atoms with E-state index >= 15 is 0 Å². The Morgan fingerprint density at radius 1 is 1.44 bits per heavy atom. The molecule has 18 heavy (non-hydrogen) atoms. The Hall–Kier alpha value is -0.980. The van der Waals surface area contributed by atoms with Crippen LogP contribution >= 0.6 is 15.9 Å². The summed E-state index contributed by atoms with van der Waals surface area (Å²) >= 11 is 3.17. The Morgan fingerprint density at radius 3 is 2.78 bits per heavy atom. The summed E-state index contributed by atoms with van der Waals surface area (Å²) in [5.74, 6) is 0. The maximum absolute atomic E-state index is 10.8. The molecule has 0 spiro atoms. The van der Waals surface area contributed by atoms with E-state index in [4.69, 9.17) is 0 Å². The van der Waals surface area contributed by atoms with Gasteiger partial charge in [-0.05, 0) is 61.2 Å². The number of benzene rings is 1. The third kappa shape index (κ3) is 5.12. The molecule has 0 atom stereocenters. The standard InChI is InChI=1S/C12H18BrN3O2/c1-15(2)7-3-6-14-9-10-4-5-11(13)12(8-10)16(17)18/h4-5,8,14H,3,6-7,9H2,1-2H3. The summed E-state index contributed by atoms with van der Waals surface area (Å²) in [5.41, 5.74) is 1.04. The number of hydrogen-bond acceptors (Lipinski definition) is 4. The largest absolute Gasteiger partial charge is 0.313 e. The molecule has 100 valence electrons. The number of halogens is 1. The Bertz CT molecular complexity index is 410. The molecule has 1 aromatic carbocycles. The molecular weight excluding hydrogens is 298 g/mol. The number of hydrogen-bond donors (Lipinski definition) is 1. The van der Waals surface area contributed by atoms with E-state index in [1.165, 1.54) is 0 Å². The summed E-state index contributed by atoms with van der Waals surface area (Å²) < 4.78 is 0.517. The van der Waals surface area contributed by atoms with Gasteiger partial charge in [0.2, 0.25) is 0 Å². The minimum Gasteiger partial charge on any atom is -0.313 e. The van der Waals surface area contributed by atoms with E-state index in [0.29, 0.717) is 11.0 Å². The van der Waals surface area contributed by atoms with Crippen LogP contribution in [-0.2, 0) is 6.54 Å². The van der Waals surface area contributed by atoms with Crippen molar-refractivity contribution in [1.29, 1.82) is 0 Å². The van der Waals surface area contributed by atoms with Gasteiger partial charge in [-0.1, -0.05) is 6.07 Å². The van der Waals surface area contributed by atoms with E-state index < -0.39 is 0 Å². The van der Waals surface area contributed by atoms with Crippen molar-refractivity contribution in [3.05, 3.63) is 38.3 Å². The third-order valence-electron chi connectivity index (χ3n) is 2.50. The van der Waals surface area contributed by atoms with Crippen LogP contribution in [0, 0.1) is 10.1 Å². The molecule has 0 unspecified atom stereocenters. The molecule has 0 aliphatic heterocycles. The number of nitrogens with zero attached hydrogens (tertiary/aromatic N) is 2. The van der Waals surface area contributed by atoms with Crippen molar-refractivity contribution in [2.45, 2.75) is 13.0 Å². The monoisotopic (exact) mass is 315 g/mol. The molecular formula is C12H18BrN3O2. The highest BCUT2D eigenvalue weighted by Gasteiger charge is 2.11. The van der Waals surface area contributed by atoms with Gasteiger partial charge in [-0.2, -0.15) is 0 Å². The Kier molecular flexibility index (Phi) is 6.24. The molecule has 0 bridgehead atoms. The second-order valence-electron chi connectivity index (χ2n) is 4.38. The molecule has 0 heterocycles. The number of nitrogens with one attached hydrogen (secondary N) is 1. The van der Waals surface area contributed by atoms with E-state index in [1.54, 1.807) is 12.1 Å². The Balaban J connectivity index is 2.43. The predicted octanol–water partition coefficient (Wildman–Crippen LogP) is 2.40. The fourth-order valence-electron chi connectivity index (χ4n) is 1.56. The van der Waals surface area contributed by atoms with Crippen LogP contribution in [0.1, 0.15) is 12.0 Å². The molecule has 1 rings (SSSR count). The molecule has 0 aliphatic rings. The van der Waals surface area contributed by atoms with Crippen molar-refractivity contribution in [1.82, 2.24) is 10.2 Å². The number of nitro groups is 1. The number of rotatable bonds is 7. The van der Waals surface area contributed by atoms with Gasteiger partial charge in [0.1, 0.15) is 0 Å². The van der Waals surface area contributed by atoms with Crippen LogP contribution in [0.25, 0.3) is 0 Å². The van der Waals surface area contributed by atoms with Crippen LogP contribution in [0.2, 0.25) is 0 Å². The van der Waals surface area contributed by atoms with Crippen molar-refractivity contribution in [2.24, 2.45) is 0 Å². The molecule has 5 nitrogen and oxygen atoms in total. The highest BCUT2D eigenvalue weighted by molar-refractivity contribution is 9.10. The summed E-state index contributed by atoms with van der Waals surface area (Å²) in [5, 5.41) is 14.1. The Morgan fingerprint density at radius 2 is 2.17 bits per heavy atom. The number of nitro benzene ring substituents is 1. The highest BCUT2D eigenvalue weighted by atomic mass is 79.9. The third-order valence-corrected chi connectivity index (χ3v) is 3.17. The summed E-state index contributed by atoms with van der Waals surface area (Å²) in [7, 11) is 4.08. The maximum atomic E-state index is 10.8. The van der Waals surface area contributed by atoms with Crippen molar-refractivity contribution in [2.75, 3.05) is 27.2 Å². The lowest BCUT2D eigenvalue weighted by Gasteiger charge is -2.09. The SMILES string of the molecule is CN(C)CCCNCc1ccc(Br)c([N+](=O)[O-])c1. The van der Waals surface area contributed by atoms with Crippen molar-refractivity contribution >= 4 is 21.6 Å². The van der Waals surface area contributed by atoms with Crippen molar-refractivity contribution in [3.8, 4) is 0 Å². The predicted molar refractivity (Wildman–Crippen MR) is 75.7 cm³/mol. The first kappa shape index (κ1) is 15.1. The molecule has 1 N–H and O–H groups in total. The molecule has 0 aromatic heterocycles. The first-order valence-corrected chi connectivity index (χ1v) is 6.58. The zero-order chi connectivity index (χ0) is 13.5. The minimum absolute atomic E-state index is 0.114. The molecule has 0 aliphatic carbocycles. The van der Waals surface area contributed by atoms with Gasteiger partial charge >= 0.3 is 0 Å². The van der Waals surface area contributed by atoms with Gasteiger partial charge < -0.3 is 10.2 Å². The molecule has 0 amide bonds. The van der Waals surface area contributed by atoms with Crippen LogP contribution < -0.4 is 5.32 Å². The van der Waals surface area contributed by atoms with Gasteiger partial charge in [0.15, 0.2) is 0 Å². The van der Waals surface area contributed by atoms with E-state index in [0.717, 1.165) is 25.1 Å². The summed E-state index contributed by atoms with van der Waals surface area (Å²) in [6.07, 6.45) is 1.06. The van der Waals surface area contributed by atoms with E-state index in [-0.39, 0.29) is 10.6 Å². The quantitative estimate of drug-likeness (QED) is 0.477. The lowest BCUT2D eigenvalue weighted by atomic mass is 10.2. The molecule has 0 saturated carbocycles. The smallest absolute Gasteiger partial charge is 0.283 e. The first-order valence-electron chi connectivity index (χ1n) is 5.79. The zero-order valence-electron chi connectivity index (χ0n) is 10.6. The van der Waals surface area contributed by atoms with Gasteiger partial charge in [0.25, 0.3) is 5.69 Å². The first-order chi connectivity index (χ1) is 8.50. The van der Waals surface area contributed by atoms with E-state index in [1.807, 2.05) is 20.2 Å². The summed E-state index contributed by atoms with van der Waals surface area (Å²) in [6.45, 7) is 2.59. The van der Waals surface area contributed by atoms with E-state index in [2.05, 4.69) is 26.1 Å². The maximum Gasteiger partial charge on any atom is 0.283 e. The fourth-order valence-corrected chi connectivity index (χ4v) is 1.95. The van der Waals surface area contributed by atoms with Gasteiger partial charge in [-0.15, -0.1) is 0 Å². The average molecular weight is 316 g/mol. The van der Waals surface area contributed by atoms with Gasteiger partial charge in [0, 0.05) is 12.6 Å². The van der Waals surface area contributed by atoms with Crippen LogP contribution in [0.5, 0.6) is 0 Å². The normalized spacial score (nSPS) is 10.9. The molecule has 6 heteroatoms. The second kappa shape index (κ2) is 7.45. The van der Waals surface area contributed by atoms with Crippen LogP contribution in [0.15, 0.2) is 22.7 Å². The summed E-state index contributed by atoms with van der Waals surface area (Å²) in [4.78, 5) is 12.5. The average Bonchev–Trinajstić information content (AvgIpc) is 2.30. The topological polar surface area (TPSA) is 58.4 Å². The zero-order valence-corrected chi connectivity index (χ0v) is 12.2. The molecule has 1 aromatic rings. The van der Waals surface area contributed by atoms with Crippen LogP contribution in [0.3, 0.4) is 0 Å². The lowest BCUT2D eigenvalue weighted by Crippen LogP contribution is -2.21. The Labute approximate surface area is 115 Å². The molecule has 0 saturated heterocycles. The van der Waals surface area contributed by atoms with Crippen molar-refractivity contribution in [3.63, 3.8) is 0 Å². The van der Waals surface area contributed by atoms with E-state index in [9.17, 15) is 10.1 Å². The van der Waals surface area contributed by atoms with Crippen LogP contribution in [-0.4, -0.2) is 37.0 Å². The van der Waals surface area contributed by atoms with Gasteiger partial charge in [-0.25, -0.2) is 0 Å². The second-order valence-corrected chi connectivity index (χ2v) is 5.23. The van der Waals surface area contributed by atoms with Gasteiger partial charge in [0.05, 0.1) is 9.40 Å². The summed E-state index contributed by atoms with van der Waals surface area (Å²) in [6, 6.07) is 5.20. The lowest BCUT2D eigenvalue weighted by molar-refractivity contribution is -0.385. The van der Waals surface area contributed by atoms with Crippen LogP contribution in [0.4, 0.5) is 5.69 Å². The highest BCUT2D eigenvalue weighted by Crippen LogP contribution is 2.25. The molecule has 0 fully saturated rings. The fraction of sp³-hybridized carbons (Fsp3) is 0.500.